The molecule has 9 aliphatic rings. The molecule has 0 aromatic heterocycles. The van der Waals surface area contributed by atoms with Crippen LogP contribution < -0.4 is 49.9 Å². The minimum absolute atomic E-state index is 0. The Bertz CT molecular complexity index is 2990. The predicted octanol–water partition coefficient (Wildman–Crippen LogP) is -7.64. The van der Waals surface area contributed by atoms with E-state index in [1.54, 1.807) is 55.5 Å². The van der Waals surface area contributed by atoms with Gasteiger partial charge in [-0.1, -0.05) is 75.0 Å². The van der Waals surface area contributed by atoms with Crippen LogP contribution in [0.4, 0.5) is 14.4 Å². The van der Waals surface area contributed by atoms with Gasteiger partial charge in [0.25, 0.3) is 0 Å². The standard InChI is InChI=1S/C39H52N4O16.C24H46N6O12.CH4/c1-18-13-23-32(33-26(43(2)39(51)58-33)35(54-23)59-36-30(48)28(46)25(40)24(15-44)55-36)57-34(18)56-31-22(42-38(50)53-17-20-11-7-4-8-12-20)14-21(27(45)29(31)47)41-37(49)52-16-19-9-5-3-6-10-19;1-29-14-17(35)21-10(5-9(28)22(41-21)40-20-8(27)4-7(26)15(33)18(20)36)38-23(14)42-24-19(37)16(34)13(11(6-31)39-24)30-12(32)2-3-25;/h3-12,18,21-36,44-48H,13-17,40H2,1-2H3,(H,41,49)(H,42,50);7-11,13-24,29,31,33-37H,2-6,25-28H2,1H3,(H,30,32);1H4/t18?,21-,22?,23+,24?,25-,26?,27?,28+,29-,30?,31-,32?,33?,34+,35?,36-;7-,8?,9?,10+,11?,13-,14?,15?,16+,17?,18-,19?,20-,21?,22+,23?,24-;/m11./s1. The predicted molar refractivity (Wildman–Crippen MR) is 346 cm³/mol. The zero-order chi connectivity index (χ0) is 72.8. The van der Waals surface area contributed by atoms with E-state index in [4.69, 9.17) is 90.2 Å². The van der Waals surface area contributed by atoms with Crippen molar-refractivity contribution in [2.75, 3.05) is 33.9 Å². The molecule has 2 saturated carbocycles. The molecule has 4 amide bonds. The van der Waals surface area contributed by atoms with Gasteiger partial charge in [0.2, 0.25) is 5.91 Å². The average Bonchev–Trinajstić information content (AvgIpc) is 1.50. The van der Waals surface area contributed by atoms with Gasteiger partial charge in [-0.15, -0.1) is 0 Å². The number of benzene rings is 2. The summed E-state index contributed by atoms with van der Waals surface area (Å²) in [5, 5.41) is 128. The molecule has 576 valence electrons. The second-order valence-electron chi connectivity index (χ2n) is 26.9. The topological polar surface area (TPSA) is 592 Å². The van der Waals surface area contributed by atoms with Gasteiger partial charge in [-0.05, 0) is 43.9 Å². The monoisotopic (exact) mass is 1460 g/mol. The van der Waals surface area contributed by atoms with Gasteiger partial charge in [-0.2, -0.15) is 0 Å². The van der Waals surface area contributed by atoms with Crippen molar-refractivity contribution < 1.29 is 137 Å². The van der Waals surface area contributed by atoms with Gasteiger partial charge in [0.15, 0.2) is 43.8 Å². The van der Waals surface area contributed by atoms with E-state index in [1.165, 1.54) is 19.0 Å². The van der Waals surface area contributed by atoms with Crippen LogP contribution in [-0.4, -0.2) is 321 Å². The third-order valence-electron chi connectivity index (χ3n) is 19.9. The molecular weight excluding hydrogens is 1360 g/mol. The second kappa shape index (κ2) is 35.8. The summed E-state index contributed by atoms with van der Waals surface area (Å²) in [4.78, 5) is 52.2. The van der Waals surface area contributed by atoms with E-state index in [-0.39, 0.29) is 59.3 Å². The summed E-state index contributed by atoms with van der Waals surface area (Å²) < 4.78 is 76.9. The van der Waals surface area contributed by atoms with Crippen LogP contribution in [0.1, 0.15) is 57.6 Å². The number of amides is 4. The SMILES string of the molecule is C.CC1C[C@@H]2OC(O[C@H]3OC(CO)[C@@H](N)[C@H](O)C3O)C3C(OC(=O)N3C)C2O[C@@H]1O[C@@H]1C(NC(=O)OCc2ccccc2)C[C@@H](NC(=O)OCc2ccccc2)C(O)[C@H]1O.CNC1C(O[C@H]2OC(CO)[C@@H](NC(=O)CCN)[C@H](O)C2O)O[C@H]2CC(N)[C@@H](O[C@@H]3C(N)C[C@@H](N)C(O)[C@H]3O)OC2C1O. The van der Waals surface area contributed by atoms with Crippen LogP contribution in [0.25, 0.3) is 0 Å². The van der Waals surface area contributed by atoms with Gasteiger partial charge in [0.05, 0.1) is 67.8 Å². The molecular formula is C64H102N10O28. The number of carbonyl (C=O) groups excluding carboxylic acids is 4. The molecule has 18 unspecified atom stereocenters. The minimum Gasteiger partial charge on any atom is -0.445 e. The number of alkyl carbamates (subject to hydrolysis) is 2. The van der Waals surface area contributed by atoms with E-state index in [1.807, 2.05) is 12.1 Å². The number of aliphatic hydroxyl groups is 11. The molecule has 2 aliphatic carbocycles. The van der Waals surface area contributed by atoms with Gasteiger partial charge in [-0.3, -0.25) is 9.69 Å². The first-order valence-corrected chi connectivity index (χ1v) is 33.7. The normalized spacial score (nSPS) is 43.2. The summed E-state index contributed by atoms with van der Waals surface area (Å²) in [7, 11) is 2.99. The number of hydrogen-bond acceptors (Lipinski definition) is 34. The van der Waals surface area contributed by atoms with E-state index in [9.17, 15) is 75.3 Å². The lowest BCUT2D eigenvalue weighted by atomic mass is 9.83. The van der Waals surface area contributed by atoms with E-state index >= 15 is 0 Å². The number of nitrogens with two attached hydrogens (primary N) is 5. The van der Waals surface area contributed by atoms with Crippen LogP contribution in [0.2, 0.25) is 0 Å². The third kappa shape index (κ3) is 18.2. The van der Waals surface area contributed by atoms with Gasteiger partial charge in [-0.25, -0.2) is 14.4 Å². The molecule has 34 atom stereocenters. The minimum atomic E-state index is -1.67. The molecule has 2 aromatic carbocycles. The Hall–Kier alpha value is -5.36. The number of nitrogens with zero attached hydrogens (tertiary/aromatic N) is 1. The summed E-state index contributed by atoms with van der Waals surface area (Å²) in [6.07, 6.45) is -32.2. The van der Waals surface area contributed by atoms with Crippen LogP contribution in [-0.2, 0) is 79.6 Å². The summed E-state index contributed by atoms with van der Waals surface area (Å²) in [5.41, 5.74) is 31.0. The number of nitrogens with one attached hydrogen (secondary N) is 4. The smallest absolute Gasteiger partial charge is 0.410 e. The van der Waals surface area contributed by atoms with Crippen molar-refractivity contribution in [2.24, 2.45) is 34.6 Å². The molecule has 11 rings (SSSR count). The molecule has 38 heteroatoms. The van der Waals surface area contributed by atoms with Crippen molar-refractivity contribution >= 4 is 24.2 Å². The maximum Gasteiger partial charge on any atom is 0.410 e. The lowest BCUT2D eigenvalue weighted by Crippen LogP contribution is -2.70. The maximum absolute atomic E-state index is 13.2. The first kappa shape index (κ1) is 80.7. The Morgan fingerprint density at radius 1 is 0.529 bits per heavy atom. The van der Waals surface area contributed by atoms with Crippen LogP contribution in [0.5, 0.6) is 0 Å². The van der Waals surface area contributed by atoms with Crippen molar-refractivity contribution in [3.05, 3.63) is 71.8 Å². The quantitative estimate of drug-likeness (QED) is 0.0548. The zero-order valence-corrected chi connectivity index (χ0v) is 55.7. The van der Waals surface area contributed by atoms with Gasteiger partial charge in [0.1, 0.15) is 105 Å². The molecule has 7 aliphatic heterocycles. The highest BCUT2D eigenvalue weighted by Crippen LogP contribution is 2.43. The third-order valence-corrected chi connectivity index (χ3v) is 19.9. The van der Waals surface area contributed by atoms with E-state index in [0.717, 1.165) is 11.1 Å². The largest absolute Gasteiger partial charge is 0.445 e. The Morgan fingerprint density at radius 2 is 1.08 bits per heavy atom. The maximum atomic E-state index is 13.2. The summed E-state index contributed by atoms with van der Waals surface area (Å²) >= 11 is 0. The summed E-state index contributed by atoms with van der Waals surface area (Å²) in [5.74, 6) is -0.969. The lowest BCUT2D eigenvalue weighted by Gasteiger charge is -2.51. The van der Waals surface area contributed by atoms with Crippen molar-refractivity contribution in [3.8, 4) is 0 Å². The van der Waals surface area contributed by atoms with Crippen molar-refractivity contribution in [2.45, 2.75) is 262 Å². The highest BCUT2D eigenvalue weighted by Gasteiger charge is 2.62. The van der Waals surface area contributed by atoms with Gasteiger partial charge < -0.3 is 168 Å². The Kier molecular flexibility index (Phi) is 28.4. The average molecular weight is 1460 g/mol. The molecule has 25 N–H and O–H groups in total. The van der Waals surface area contributed by atoms with E-state index in [2.05, 4.69) is 21.3 Å². The molecule has 38 nitrogen and oxygen atoms in total. The molecule has 0 spiro atoms. The second-order valence-corrected chi connectivity index (χ2v) is 26.9. The fourth-order valence-corrected chi connectivity index (χ4v) is 14.2. The molecule has 2 aromatic rings. The van der Waals surface area contributed by atoms with E-state index < -0.39 is 245 Å². The number of aliphatic hydroxyl groups excluding tert-OH is 11. The number of rotatable bonds is 20. The molecule has 0 radical (unpaired) electrons. The number of hydrogen-bond donors (Lipinski definition) is 20. The summed E-state index contributed by atoms with van der Waals surface area (Å²) in [6.45, 7) is 0.578. The fraction of sp³-hybridized carbons (Fsp3) is 0.750. The van der Waals surface area contributed by atoms with E-state index in [0.29, 0.717) is 0 Å². The first-order chi connectivity index (χ1) is 48.2. The molecule has 0 bridgehead atoms. The Labute approximate surface area is 587 Å². The summed E-state index contributed by atoms with van der Waals surface area (Å²) in [6, 6.07) is 9.49. The lowest BCUT2D eigenvalue weighted by molar-refractivity contribution is -0.375. The fourth-order valence-electron chi connectivity index (χ4n) is 14.2. The first-order valence-electron chi connectivity index (χ1n) is 33.7. The highest BCUT2D eigenvalue weighted by molar-refractivity contribution is 5.76. The highest BCUT2D eigenvalue weighted by atomic mass is 16.8. The van der Waals surface area contributed by atoms with Crippen LogP contribution in [0.15, 0.2) is 60.7 Å². The van der Waals surface area contributed by atoms with Crippen molar-refractivity contribution in [3.63, 3.8) is 0 Å². The Balaban J connectivity index is 0.000000249. The molecule has 7 saturated heterocycles. The molecule has 102 heavy (non-hydrogen) atoms. The molecule has 9 fully saturated rings. The van der Waals surface area contributed by atoms with Crippen LogP contribution in [0, 0.1) is 5.92 Å². The van der Waals surface area contributed by atoms with Crippen molar-refractivity contribution in [1.29, 1.82) is 0 Å². The van der Waals surface area contributed by atoms with Crippen LogP contribution >= 0.6 is 0 Å². The number of likely N-dealkylation sites (N-methyl/N-ethyl adjacent to an activating group) is 2. The number of fused-ring (bicyclic) bond motifs is 4. The number of ether oxygens (including phenoxy) is 13. The Morgan fingerprint density at radius 3 is 1.69 bits per heavy atom. The number of carbonyl (C=O) groups is 4. The van der Waals surface area contributed by atoms with Crippen LogP contribution in [0.3, 0.4) is 0 Å². The van der Waals surface area contributed by atoms with Gasteiger partial charge >= 0.3 is 18.3 Å². The van der Waals surface area contributed by atoms with Crippen molar-refractivity contribution in [1.82, 2.24) is 26.2 Å². The molecule has 7 heterocycles. The van der Waals surface area contributed by atoms with Gasteiger partial charge in [0, 0.05) is 38.0 Å². The zero-order valence-electron chi connectivity index (χ0n) is 55.7.